The molecule has 0 aliphatic heterocycles. The Balaban J connectivity index is 1.60. The van der Waals surface area contributed by atoms with Crippen molar-refractivity contribution in [1.29, 1.82) is 0 Å². The number of fused-ring (bicyclic) bond motifs is 1. The van der Waals surface area contributed by atoms with Crippen LogP contribution in [0, 0.1) is 6.92 Å². The molecule has 3 rings (SSSR count). The molecule has 0 atom stereocenters. The number of hydrazone groups is 1. The second-order valence-corrected chi connectivity index (χ2v) is 7.41. The van der Waals surface area contributed by atoms with Gasteiger partial charge in [0.15, 0.2) is 0 Å². The predicted molar refractivity (Wildman–Crippen MR) is 100 cm³/mol. The maximum absolute atomic E-state index is 12.1. The molecular weight excluding hydrogens is 352 g/mol. The van der Waals surface area contributed by atoms with Crippen molar-refractivity contribution in [1.82, 2.24) is 15.1 Å². The average molecular weight is 370 g/mol. The van der Waals surface area contributed by atoms with Gasteiger partial charge in [-0.15, -0.1) is 0 Å². The van der Waals surface area contributed by atoms with Crippen molar-refractivity contribution in [3.8, 4) is 0 Å². The van der Waals surface area contributed by atoms with E-state index in [1.54, 1.807) is 18.2 Å². The van der Waals surface area contributed by atoms with Crippen LogP contribution in [0.4, 0.5) is 0 Å². The molecular formula is C18H18N4O3S. The first kappa shape index (κ1) is 17.8. The largest absolute Gasteiger partial charge is 0.358 e. The number of nitrogens with zero attached hydrogens (tertiary/aromatic N) is 1. The van der Waals surface area contributed by atoms with Crippen molar-refractivity contribution in [2.45, 2.75) is 11.8 Å². The zero-order chi connectivity index (χ0) is 18.6. The predicted octanol–water partition coefficient (Wildman–Crippen LogP) is 1.90. The van der Waals surface area contributed by atoms with E-state index in [0.717, 1.165) is 22.2 Å². The number of aryl methyl sites for hydroxylation is 1. The van der Waals surface area contributed by atoms with E-state index in [2.05, 4.69) is 20.2 Å². The van der Waals surface area contributed by atoms with Crippen molar-refractivity contribution in [2.24, 2.45) is 5.10 Å². The van der Waals surface area contributed by atoms with Gasteiger partial charge in [0.1, 0.15) is 0 Å². The van der Waals surface area contributed by atoms with Crippen LogP contribution in [0.5, 0.6) is 0 Å². The highest BCUT2D eigenvalue weighted by atomic mass is 32.2. The highest BCUT2D eigenvalue weighted by Gasteiger charge is 2.14. The van der Waals surface area contributed by atoms with Gasteiger partial charge in [0.2, 0.25) is 10.0 Å². The highest BCUT2D eigenvalue weighted by Crippen LogP contribution is 2.19. The van der Waals surface area contributed by atoms with E-state index in [1.165, 1.54) is 18.3 Å². The number of aromatic nitrogens is 1. The van der Waals surface area contributed by atoms with Crippen molar-refractivity contribution in [3.05, 3.63) is 65.9 Å². The van der Waals surface area contributed by atoms with Gasteiger partial charge in [-0.25, -0.2) is 18.6 Å². The molecule has 8 heteroatoms. The van der Waals surface area contributed by atoms with Gasteiger partial charge in [-0.2, -0.15) is 5.10 Å². The maximum Gasteiger partial charge on any atom is 0.255 e. The van der Waals surface area contributed by atoms with Crippen molar-refractivity contribution < 1.29 is 13.2 Å². The molecule has 0 spiro atoms. The number of aromatic amines is 1. The number of hydrogen-bond donors (Lipinski definition) is 3. The summed E-state index contributed by atoms with van der Waals surface area (Å²) in [6.07, 6.45) is 1.54. The Bertz CT molecular complexity index is 1060. The van der Waals surface area contributed by atoms with Gasteiger partial charge in [0.05, 0.1) is 17.7 Å². The summed E-state index contributed by atoms with van der Waals surface area (Å²) < 4.78 is 26.3. The SMILES string of the molecule is Cc1[nH]c2ccccc2c1/C=N/NC(=O)CNS(=O)(=O)c1ccccc1. The highest BCUT2D eigenvalue weighted by molar-refractivity contribution is 7.89. The lowest BCUT2D eigenvalue weighted by Gasteiger charge is -2.05. The third kappa shape index (κ3) is 3.98. The smallest absolute Gasteiger partial charge is 0.255 e. The van der Waals surface area contributed by atoms with Gasteiger partial charge >= 0.3 is 0 Å². The molecule has 0 fully saturated rings. The van der Waals surface area contributed by atoms with Crippen molar-refractivity contribution in [2.75, 3.05) is 6.54 Å². The third-order valence-corrected chi connectivity index (χ3v) is 5.22. The fourth-order valence-corrected chi connectivity index (χ4v) is 3.52. The van der Waals surface area contributed by atoms with Gasteiger partial charge in [-0.05, 0) is 25.1 Å². The van der Waals surface area contributed by atoms with Crippen LogP contribution in [0.15, 0.2) is 64.6 Å². The van der Waals surface area contributed by atoms with E-state index in [9.17, 15) is 13.2 Å². The second kappa shape index (κ2) is 7.51. The molecule has 3 N–H and O–H groups in total. The summed E-state index contributed by atoms with van der Waals surface area (Å²) in [7, 11) is -3.73. The Kier molecular flexibility index (Phi) is 5.15. The molecule has 0 saturated heterocycles. The Labute approximate surface area is 151 Å². The van der Waals surface area contributed by atoms with Gasteiger partial charge < -0.3 is 4.98 Å². The number of para-hydroxylation sites is 1. The van der Waals surface area contributed by atoms with E-state index < -0.39 is 22.5 Å². The Morgan fingerprint density at radius 3 is 2.58 bits per heavy atom. The molecule has 7 nitrogen and oxygen atoms in total. The molecule has 1 amide bonds. The monoisotopic (exact) mass is 370 g/mol. The van der Waals surface area contributed by atoms with Crippen LogP contribution >= 0.6 is 0 Å². The second-order valence-electron chi connectivity index (χ2n) is 5.64. The van der Waals surface area contributed by atoms with Crippen molar-refractivity contribution >= 4 is 33.0 Å². The topological polar surface area (TPSA) is 103 Å². The van der Waals surface area contributed by atoms with E-state index in [0.29, 0.717) is 0 Å². The summed E-state index contributed by atoms with van der Waals surface area (Å²) in [5.74, 6) is -0.557. The lowest BCUT2D eigenvalue weighted by Crippen LogP contribution is -2.34. The zero-order valence-electron chi connectivity index (χ0n) is 14.1. The minimum absolute atomic E-state index is 0.103. The van der Waals surface area contributed by atoms with Gasteiger partial charge in [0.25, 0.3) is 5.91 Å². The summed E-state index contributed by atoms with van der Waals surface area (Å²) in [5.41, 5.74) is 5.10. The van der Waals surface area contributed by atoms with Crippen LogP contribution in [-0.2, 0) is 14.8 Å². The van der Waals surface area contributed by atoms with Crippen LogP contribution in [0.25, 0.3) is 10.9 Å². The number of benzene rings is 2. The van der Waals surface area contributed by atoms with Gasteiger partial charge in [-0.3, -0.25) is 4.79 Å². The molecule has 1 heterocycles. The summed E-state index contributed by atoms with van der Waals surface area (Å²) in [5, 5.41) is 4.91. The third-order valence-electron chi connectivity index (χ3n) is 3.80. The summed E-state index contributed by atoms with van der Waals surface area (Å²) >= 11 is 0. The summed E-state index contributed by atoms with van der Waals surface area (Å²) in [6.45, 7) is 1.51. The number of rotatable bonds is 6. The lowest BCUT2D eigenvalue weighted by atomic mass is 10.1. The maximum atomic E-state index is 12.1. The first-order valence-corrected chi connectivity index (χ1v) is 9.39. The summed E-state index contributed by atoms with van der Waals surface area (Å²) in [4.78, 5) is 15.2. The van der Waals surface area contributed by atoms with Crippen molar-refractivity contribution in [3.63, 3.8) is 0 Å². The molecule has 3 aromatic rings. The summed E-state index contributed by atoms with van der Waals surface area (Å²) in [6, 6.07) is 15.6. The molecule has 0 saturated carbocycles. The van der Waals surface area contributed by atoms with E-state index >= 15 is 0 Å². The van der Waals surface area contributed by atoms with Gasteiger partial charge in [-0.1, -0.05) is 36.4 Å². The Hall–Kier alpha value is -2.97. The molecule has 1 aromatic heterocycles. The molecule has 26 heavy (non-hydrogen) atoms. The molecule has 0 bridgehead atoms. The number of carbonyl (C=O) groups is 1. The quantitative estimate of drug-likeness (QED) is 0.456. The number of nitrogens with one attached hydrogen (secondary N) is 3. The minimum atomic E-state index is -3.73. The van der Waals surface area contributed by atoms with Gasteiger partial charge in [0, 0.05) is 22.2 Å². The lowest BCUT2D eigenvalue weighted by molar-refractivity contribution is -0.119. The molecule has 134 valence electrons. The molecule has 0 unspecified atom stereocenters. The Morgan fingerprint density at radius 1 is 1.12 bits per heavy atom. The molecule has 0 radical (unpaired) electrons. The molecule has 0 aliphatic carbocycles. The standard InChI is InChI=1S/C18H18N4O3S/c1-13-16(15-9-5-6-10-17(15)21-13)11-19-22-18(23)12-20-26(24,25)14-7-3-2-4-8-14/h2-11,20-21H,12H2,1H3,(H,22,23)/b19-11+. The number of sulfonamides is 1. The fraction of sp³-hybridized carbons (Fsp3) is 0.111. The Morgan fingerprint density at radius 2 is 1.81 bits per heavy atom. The zero-order valence-corrected chi connectivity index (χ0v) is 14.9. The minimum Gasteiger partial charge on any atom is -0.358 e. The average Bonchev–Trinajstić information content (AvgIpc) is 2.96. The first-order valence-electron chi connectivity index (χ1n) is 7.91. The van der Waals surface area contributed by atoms with Crippen LogP contribution < -0.4 is 10.1 Å². The number of hydrogen-bond acceptors (Lipinski definition) is 4. The normalized spacial score (nSPS) is 11.9. The van der Waals surface area contributed by atoms with E-state index in [4.69, 9.17) is 0 Å². The first-order chi connectivity index (χ1) is 12.5. The number of amides is 1. The van der Waals surface area contributed by atoms with Crippen LogP contribution in [-0.4, -0.2) is 32.1 Å². The molecule has 0 aliphatic rings. The molecule has 2 aromatic carbocycles. The van der Waals surface area contributed by atoms with E-state index in [-0.39, 0.29) is 4.90 Å². The van der Waals surface area contributed by atoms with Crippen LogP contribution in [0.2, 0.25) is 0 Å². The number of carbonyl (C=O) groups excluding carboxylic acids is 1. The van der Waals surface area contributed by atoms with Crippen LogP contribution in [0.1, 0.15) is 11.3 Å². The van der Waals surface area contributed by atoms with Crippen LogP contribution in [0.3, 0.4) is 0 Å². The number of H-pyrrole nitrogens is 1. The van der Waals surface area contributed by atoms with E-state index in [1.807, 2.05) is 31.2 Å². The fourth-order valence-electron chi connectivity index (χ4n) is 2.52.